The van der Waals surface area contributed by atoms with Crippen molar-refractivity contribution < 1.29 is 32.2 Å². The van der Waals surface area contributed by atoms with E-state index in [4.69, 9.17) is 9.84 Å². The van der Waals surface area contributed by atoms with Gasteiger partial charge in [-0.3, -0.25) is 14.6 Å². The molecule has 0 bridgehead atoms. The number of benzene rings is 1. The number of ether oxygens (including phenoxy) is 1. The summed E-state index contributed by atoms with van der Waals surface area (Å²) >= 11 is 0. The fourth-order valence-electron chi connectivity index (χ4n) is 3.10. The van der Waals surface area contributed by atoms with Gasteiger partial charge >= 0.3 is 12.2 Å². The van der Waals surface area contributed by atoms with E-state index in [1.807, 2.05) is 0 Å². The Morgan fingerprint density at radius 3 is 2.61 bits per heavy atom. The number of rotatable bonds is 7. The Morgan fingerprint density at radius 2 is 1.86 bits per heavy atom. The predicted octanol–water partition coefficient (Wildman–Crippen LogP) is 4.93. The molecule has 4 aromatic rings. The number of anilines is 2. The zero-order valence-corrected chi connectivity index (χ0v) is 18.3. The molecule has 13 heteroatoms. The lowest BCUT2D eigenvalue weighted by atomic mass is 10.2. The third kappa shape index (κ3) is 6.13. The van der Waals surface area contributed by atoms with Crippen molar-refractivity contribution in [3.63, 3.8) is 0 Å². The van der Waals surface area contributed by atoms with E-state index >= 15 is 0 Å². The van der Waals surface area contributed by atoms with Crippen LogP contribution in [0.4, 0.5) is 33.7 Å². The number of carbonyl (C=O) groups is 1. The molecule has 3 heterocycles. The molecule has 4 rings (SSSR count). The molecular formula is C23H18F4N6O3. The number of halogens is 4. The predicted molar refractivity (Wildman–Crippen MR) is 121 cm³/mol. The second kappa shape index (κ2) is 10.4. The summed E-state index contributed by atoms with van der Waals surface area (Å²) in [5, 5.41) is 17.5. The molecule has 0 radical (unpaired) electrons. The summed E-state index contributed by atoms with van der Waals surface area (Å²) in [6.07, 6.45) is 1.83. The van der Waals surface area contributed by atoms with Crippen LogP contribution >= 0.6 is 0 Å². The van der Waals surface area contributed by atoms with Crippen LogP contribution in [0.15, 0.2) is 67.4 Å². The first kappa shape index (κ1) is 24.6. The maximum absolute atomic E-state index is 14.6. The van der Waals surface area contributed by atoms with Gasteiger partial charge in [0.05, 0.1) is 48.2 Å². The van der Waals surface area contributed by atoms with E-state index in [0.29, 0.717) is 35.8 Å². The molecule has 0 saturated heterocycles. The highest BCUT2D eigenvalue weighted by atomic mass is 19.4. The molecule has 0 aliphatic heterocycles. The van der Waals surface area contributed by atoms with E-state index in [9.17, 15) is 22.4 Å². The van der Waals surface area contributed by atoms with Crippen LogP contribution < -0.4 is 15.4 Å². The van der Waals surface area contributed by atoms with Crippen LogP contribution in [0.3, 0.4) is 0 Å². The van der Waals surface area contributed by atoms with Crippen molar-refractivity contribution >= 4 is 17.4 Å². The van der Waals surface area contributed by atoms with Crippen LogP contribution in [0.2, 0.25) is 0 Å². The van der Waals surface area contributed by atoms with Gasteiger partial charge in [0.15, 0.2) is 0 Å². The summed E-state index contributed by atoms with van der Waals surface area (Å²) < 4.78 is 60.2. The summed E-state index contributed by atoms with van der Waals surface area (Å²) in [7, 11) is 0. The van der Waals surface area contributed by atoms with Gasteiger partial charge in [0, 0.05) is 36.3 Å². The molecule has 2 amide bonds. The molecule has 186 valence electrons. The number of aliphatic hydroxyl groups excluding tert-OH is 1. The molecule has 0 saturated carbocycles. The molecule has 0 fully saturated rings. The highest BCUT2D eigenvalue weighted by Crippen LogP contribution is 2.30. The lowest BCUT2D eigenvalue weighted by Crippen LogP contribution is -2.20. The van der Waals surface area contributed by atoms with Crippen molar-refractivity contribution in [2.24, 2.45) is 0 Å². The highest BCUT2D eigenvalue weighted by molar-refractivity contribution is 5.99. The van der Waals surface area contributed by atoms with Crippen molar-refractivity contribution in [2.45, 2.75) is 12.7 Å². The van der Waals surface area contributed by atoms with Gasteiger partial charge in [0.1, 0.15) is 17.3 Å². The summed E-state index contributed by atoms with van der Waals surface area (Å²) in [4.78, 5) is 19.8. The molecular weight excluding hydrogens is 484 g/mol. The number of carbonyl (C=O) groups excluding carboxylic acids is 1. The number of aromatic nitrogens is 4. The first-order valence-corrected chi connectivity index (χ1v) is 10.4. The Kier molecular flexibility index (Phi) is 7.10. The van der Waals surface area contributed by atoms with E-state index in [1.54, 1.807) is 29.2 Å². The van der Waals surface area contributed by atoms with E-state index in [0.717, 1.165) is 12.3 Å². The summed E-state index contributed by atoms with van der Waals surface area (Å²) in [6, 6.07) is 6.65. The number of amides is 2. The SMILES string of the molecule is O=C(Nc1cncc(C(F)(F)F)c1)Nc1ccc(Oc2ccnc(-c3cnn(CCO)c3)c2)cc1F. The Labute approximate surface area is 201 Å². The average Bonchev–Trinajstić information content (AvgIpc) is 3.30. The smallest absolute Gasteiger partial charge is 0.417 e. The minimum atomic E-state index is -4.62. The quantitative estimate of drug-likeness (QED) is 0.309. The second-order valence-electron chi connectivity index (χ2n) is 7.38. The zero-order valence-electron chi connectivity index (χ0n) is 18.3. The van der Waals surface area contributed by atoms with Crippen LogP contribution in [0, 0.1) is 5.82 Å². The van der Waals surface area contributed by atoms with Gasteiger partial charge in [-0.25, -0.2) is 9.18 Å². The number of urea groups is 1. The van der Waals surface area contributed by atoms with Gasteiger partial charge in [0.2, 0.25) is 0 Å². The molecule has 0 unspecified atom stereocenters. The Morgan fingerprint density at radius 1 is 1.06 bits per heavy atom. The first-order chi connectivity index (χ1) is 17.2. The lowest BCUT2D eigenvalue weighted by Gasteiger charge is -2.12. The standard InChI is InChI=1S/C23H18F4N6O3/c24-19-8-17(36-18-3-4-29-21(9-18)14-10-30-33(13-14)5-6-34)1-2-20(19)32-22(35)31-16-7-15(11-28-12-16)23(25,26)27/h1-4,7-13,34H,5-6H2,(H2,31,32,35). The van der Waals surface area contributed by atoms with Crippen molar-refractivity contribution in [1.29, 1.82) is 0 Å². The van der Waals surface area contributed by atoms with Crippen LogP contribution in [-0.2, 0) is 12.7 Å². The van der Waals surface area contributed by atoms with Gasteiger partial charge in [-0.2, -0.15) is 18.3 Å². The van der Waals surface area contributed by atoms with Crippen LogP contribution in [0.1, 0.15) is 5.56 Å². The van der Waals surface area contributed by atoms with Crippen molar-refractivity contribution in [3.05, 3.63) is 78.8 Å². The minimum absolute atomic E-state index is 0.0573. The Hall–Kier alpha value is -4.52. The summed E-state index contributed by atoms with van der Waals surface area (Å²) in [5.41, 5.74) is -0.214. The number of nitrogens with one attached hydrogen (secondary N) is 2. The zero-order chi connectivity index (χ0) is 25.7. The fraction of sp³-hybridized carbons (Fsp3) is 0.130. The summed E-state index contributed by atoms with van der Waals surface area (Å²) in [5.74, 6) is -0.331. The van der Waals surface area contributed by atoms with Gasteiger partial charge < -0.3 is 20.5 Å². The number of nitrogens with zero attached hydrogens (tertiary/aromatic N) is 4. The van der Waals surface area contributed by atoms with Crippen molar-refractivity contribution in [2.75, 3.05) is 17.2 Å². The lowest BCUT2D eigenvalue weighted by molar-refractivity contribution is -0.137. The number of aliphatic hydroxyl groups is 1. The molecule has 1 aromatic carbocycles. The second-order valence-corrected chi connectivity index (χ2v) is 7.38. The molecule has 9 nitrogen and oxygen atoms in total. The number of pyridine rings is 2. The fourth-order valence-corrected chi connectivity index (χ4v) is 3.10. The third-order valence-electron chi connectivity index (χ3n) is 4.74. The number of hydrogen-bond acceptors (Lipinski definition) is 6. The summed E-state index contributed by atoms with van der Waals surface area (Å²) in [6.45, 7) is 0.281. The van der Waals surface area contributed by atoms with Crippen molar-refractivity contribution in [3.8, 4) is 22.8 Å². The molecule has 0 aliphatic rings. The van der Waals surface area contributed by atoms with E-state index < -0.39 is 23.6 Å². The Balaban J connectivity index is 1.41. The first-order valence-electron chi connectivity index (χ1n) is 10.4. The molecule has 3 N–H and O–H groups in total. The van der Waals surface area contributed by atoms with Crippen LogP contribution in [0.5, 0.6) is 11.5 Å². The number of alkyl halides is 3. The van der Waals surface area contributed by atoms with Crippen LogP contribution in [0.25, 0.3) is 11.3 Å². The maximum Gasteiger partial charge on any atom is 0.417 e. The van der Waals surface area contributed by atoms with Gasteiger partial charge in [-0.15, -0.1) is 0 Å². The van der Waals surface area contributed by atoms with Gasteiger partial charge in [0.25, 0.3) is 0 Å². The maximum atomic E-state index is 14.6. The van der Waals surface area contributed by atoms with E-state index in [2.05, 4.69) is 25.7 Å². The van der Waals surface area contributed by atoms with E-state index in [1.165, 1.54) is 18.3 Å². The van der Waals surface area contributed by atoms with Gasteiger partial charge in [-0.1, -0.05) is 0 Å². The molecule has 3 aromatic heterocycles. The minimum Gasteiger partial charge on any atom is -0.457 e. The third-order valence-corrected chi connectivity index (χ3v) is 4.74. The molecule has 0 atom stereocenters. The molecule has 0 spiro atoms. The Bertz CT molecular complexity index is 1380. The largest absolute Gasteiger partial charge is 0.457 e. The normalized spacial score (nSPS) is 11.2. The average molecular weight is 502 g/mol. The molecule has 36 heavy (non-hydrogen) atoms. The van der Waals surface area contributed by atoms with E-state index in [-0.39, 0.29) is 23.7 Å². The van der Waals surface area contributed by atoms with Gasteiger partial charge in [-0.05, 0) is 24.3 Å². The highest BCUT2D eigenvalue weighted by Gasteiger charge is 2.31. The monoisotopic (exact) mass is 502 g/mol. The topological polar surface area (TPSA) is 114 Å². The van der Waals surface area contributed by atoms with Crippen molar-refractivity contribution in [1.82, 2.24) is 19.7 Å². The number of hydrogen-bond donors (Lipinski definition) is 3. The van der Waals surface area contributed by atoms with Crippen LogP contribution in [-0.4, -0.2) is 37.5 Å². The molecule has 0 aliphatic carbocycles.